The lowest BCUT2D eigenvalue weighted by atomic mass is 9.93. The molecule has 1 saturated carbocycles. The zero-order valence-corrected chi connectivity index (χ0v) is 10.1. The molecule has 0 radical (unpaired) electrons. The summed E-state index contributed by atoms with van der Waals surface area (Å²) in [5.41, 5.74) is 0. The molecule has 0 aromatic rings. The van der Waals surface area contributed by atoms with Gasteiger partial charge in [-0.3, -0.25) is 0 Å². The minimum absolute atomic E-state index is 0.312. The fraction of sp³-hybridized carbons (Fsp3) is 0.700. The van der Waals surface area contributed by atoms with E-state index < -0.39 is 16.0 Å². The fourth-order valence-electron chi connectivity index (χ4n) is 1.85. The second kappa shape index (κ2) is 5.45. The fourth-order valence-corrected chi connectivity index (χ4v) is 2.66. The van der Waals surface area contributed by atoms with Crippen molar-refractivity contribution >= 4 is 16.0 Å². The van der Waals surface area contributed by atoms with Gasteiger partial charge in [-0.15, -0.1) is 0 Å². The highest BCUT2D eigenvalue weighted by Crippen LogP contribution is 2.22. The number of rotatable bonds is 4. The molecule has 1 aliphatic rings. The molecule has 1 fully saturated rings. The monoisotopic (exact) mass is 247 g/mol. The molecular formula is C10H17NO4S. The van der Waals surface area contributed by atoms with Gasteiger partial charge in [0, 0.05) is 6.08 Å². The van der Waals surface area contributed by atoms with Crippen molar-refractivity contribution in [3.63, 3.8) is 0 Å². The smallest absolute Gasteiger partial charge is 0.330 e. The quantitative estimate of drug-likeness (QED) is 0.582. The molecule has 0 heterocycles. The van der Waals surface area contributed by atoms with Crippen molar-refractivity contribution in [2.45, 2.75) is 37.8 Å². The lowest BCUT2D eigenvalue weighted by Crippen LogP contribution is -2.46. The van der Waals surface area contributed by atoms with Crippen molar-refractivity contribution < 1.29 is 17.9 Å². The number of hydrogen-bond acceptors (Lipinski definition) is 4. The van der Waals surface area contributed by atoms with Gasteiger partial charge in [0.2, 0.25) is 10.0 Å². The van der Waals surface area contributed by atoms with E-state index in [-0.39, 0.29) is 12.1 Å². The first-order valence-corrected chi connectivity index (χ1v) is 7.12. The Morgan fingerprint density at radius 3 is 2.62 bits per heavy atom. The summed E-state index contributed by atoms with van der Waals surface area (Å²) < 4.78 is 29.9. The van der Waals surface area contributed by atoms with E-state index in [2.05, 4.69) is 11.3 Å². The SMILES string of the molecule is C=CC(=O)OC1CCCCC1NS(C)(=O)=O. The first-order chi connectivity index (χ1) is 7.42. The number of carbonyl (C=O) groups is 1. The van der Waals surface area contributed by atoms with E-state index in [1.165, 1.54) is 0 Å². The first kappa shape index (κ1) is 13.2. The van der Waals surface area contributed by atoms with Gasteiger partial charge in [-0.25, -0.2) is 17.9 Å². The maximum atomic E-state index is 11.1. The molecule has 16 heavy (non-hydrogen) atoms. The molecule has 0 aromatic heterocycles. The summed E-state index contributed by atoms with van der Waals surface area (Å²) in [5, 5.41) is 0. The van der Waals surface area contributed by atoms with E-state index in [1.807, 2.05) is 0 Å². The molecule has 6 heteroatoms. The second-order valence-electron chi connectivity index (χ2n) is 3.96. The van der Waals surface area contributed by atoms with Gasteiger partial charge >= 0.3 is 5.97 Å². The highest BCUT2D eigenvalue weighted by atomic mass is 32.2. The third-order valence-electron chi connectivity index (χ3n) is 2.50. The molecule has 0 saturated heterocycles. The predicted octanol–water partition coefficient (Wildman–Crippen LogP) is 0.576. The first-order valence-electron chi connectivity index (χ1n) is 5.23. The van der Waals surface area contributed by atoms with Crippen LogP contribution in [0.25, 0.3) is 0 Å². The Kier molecular flexibility index (Phi) is 4.49. The van der Waals surface area contributed by atoms with Crippen molar-refractivity contribution in [2.75, 3.05) is 6.26 Å². The minimum atomic E-state index is -3.27. The summed E-state index contributed by atoms with van der Waals surface area (Å²) in [5.74, 6) is -0.507. The Balaban J connectivity index is 2.63. The number of ether oxygens (including phenoxy) is 1. The Morgan fingerprint density at radius 2 is 2.06 bits per heavy atom. The average Bonchev–Trinajstić information content (AvgIpc) is 2.18. The molecule has 92 valence electrons. The molecule has 2 atom stereocenters. The topological polar surface area (TPSA) is 72.5 Å². The maximum Gasteiger partial charge on any atom is 0.330 e. The second-order valence-corrected chi connectivity index (χ2v) is 5.74. The van der Waals surface area contributed by atoms with Crippen LogP contribution in [0.15, 0.2) is 12.7 Å². The summed E-state index contributed by atoms with van der Waals surface area (Å²) in [4.78, 5) is 11.1. The lowest BCUT2D eigenvalue weighted by Gasteiger charge is -2.30. The summed E-state index contributed by atoms with van der Waals surface area (Å²) in [6.07, 6.45) is 5.08. The van der Waals surface area contributed by atoms with E-state index in [1.54, 1.807) is 0 Å². The van der Waals surface area contributed by atoms with Gasteiger partial charge in [-0.2, -0.15) is 0 Å². The third-order valence-corrected chi connectivity index (χ3v) is 3.23. The van der Waals surface area contributed by atoms with Crippen molar-refractivity contribution in [3.8, 4) is 0 Å². The van der Waals surface area contributed by atoms with Crippen LogP contribution in [0.3, 0.4) is 0 Å². The number of sulfonamides is 1. The zero-order valence-electron chi connectivity index (χ0n) is 9.31. The van der Waals surface area contributed by atoms with Gasteiger partial charge in [0.05, 0.1) is 12.3 Å². The molecule has 1 N–H and O–H groups in total. The van der Waals surface area contributed by atoms with E-state index in [0.29, 0.717) is 12.8 Å². The van der Waals surface area contributed by atoms with Gasteiger partial charge in [0.1, 0.15) is 6.10 Å². The van der Waals surface area contributed by atoms with Gasteiger partial charge in [0.25, 0.3) is 0 Å². The minimum Gasteiger partial charge on any atom is -0.458 e. The van der Waals surface area contributed by atoms with Crippen molar-refractivity contribution in [3.05, 3.63) is 12.7 Å². The summed E-state index contributed by atoms with van der Waals surface area (Å²) >= 11 is 0. The third kappa shape index (κ3) is 4.32. The standard InChI is InChI=1S/C10H17NO4S/c1-3-10(12)15-9-7-5-4-6-8(9)11-16(2,13)14/h3,8-9,11H,1,4-7H2,2H3. The van der Waals surface area contributed by atoms with Crippen LogP contribution < -0.4 is 4.72 Å². The highest BCUT2D eigenvalue weighted by Gasteiger charge is 2.29. The van der Waals surface area contributed by atoms with Crippen molar-refractivity contribution in [2.24, 2.45) is 0 Å². The largest absolute Gasteiger partial charge is 0.458 e. The van der Waals surface area contributed by atoms with Crippen LogP contribution in [-0.4, -0.2) is 32.8 Å². The normalized spacial score (nSPS) is 26.1. The Morgan fingerprint density at radius 1 is 1.44 bits per heavy atom. The van der Waals surface area contributed by atoms with Crippen molar-refractivity contribution in [1.82, 2.24) is 4.72 Å². The van der Waals surface area contributed by atoms with Crippen LogP contribution in [0, 0.1) is 0 Å². The summed E-state index contributed by atoms with van der Waals surface area (Å²) in [6, 6.07) is -0.312. The van der Waals surface area contributed by atoms with Crippen LogP contribution in [-0.2, 0) is 19.6 Å². The number of esters is 1. The number of carbonyl (C=O) groups excluding carboxylic acids is 1. The van der Waals surface area contributed by atoms with Gasteiger partial charge in [-0.1, -0.05) is 13.0 Å². The lowest BCUT2D eigenvalue weighted by molar-refractivity contribution is -0.145. The molecule has 0 spiro atoms. The van der Waals surface area contributed by atoms with Crippen LogP contribution in [0.5, 0.6) is 0 Å². The number of hydrogen-bond donors (Lipinski definition) is 1. The molecule has 0 aliphatic heterocycles. The van der Waals surface area contributed by atoms with E-state index >= 15 is 0 Å². The van der Waals surface area contributed by atoms with Gasteiger partial charge < -0.3 is 4.74 Å². The zero-order chi connectivity index (χ0) is 12.2. The Bertz CT molecular complexity index is 363. The molecule has 2 unspecified atom stereocenters. The maximum absolute atomic E-state index is 11.1. The predicted molar refractivity (Wildman–Crippen MR) is 60.3 cm³/mol. The van der Waals surface area contributed by atoms with Gasteiger partial charge in [-0.05, 0) is 19.3 Å². The van der Waals surface area contributed by atoms with Crippen molar-refractivity contribution in [1.29, 1.82) is 0 Å². The molecule has 0 amide bonds. The van der Waals surface area contributed by atoms with E-state index in [4.69, 9.17) is 4.74 Å². The molecule has 0 bridgehead atoms. The average molecular weight is 247 g/mol. The molecular weight excluding hydrogens is 230 g/mol. The highest BCUT2D eigenvalue weighted by molar-refractivity contribution is 7.88. The van der Waals surface area contributed by atoms with Gasteiger partial charge in [0.15, 0.2) is 0 Å². The number of nitrogens with one attached hydrogen (secondary N) is 1. The molecule has 1 aliphatic carbocycles. The van der Waals surface area contributed by atoms with Crippen LogP contribution in [0.2, 0.25) is 0 Å². The molecule has 0 aromatic carbocycles. The van der Waals surface area contributed by atoms with E-state index in [0.717, 1.165) is 25.2 Å². The molecule has 5 nitrogen and oxygen atoms in total. The molecule has 1 rings (SSSR count). The van der Waals surface area contributed by atoms with Crippen LogP contribution >= 0.6 is 0 Å². The van der Waals surface area contributed by atoms with E-state index in [9.17, 15) is 13.2 Å². The summed E-state index contributed by atoms with van der Waals surface area (Å²) in [7, 11) is -3.27. The summed E-state index contributed by atoms with van der Waals surface area (Å²) in [6.45, 7) is 3.31. The van der Waals surface area contributed by atoms with Crippen LogP contribution in [0.4, 0.5) is 0 Å². The Hall–Kier alpha value is -0.880. The van der Waals surface area contributed by atoms with Crippen LogP contribution in [0.1, 0.15) is 25.7 Å². The Labute approximate surface area is 95.9 Å².